The molecule has 0 saturated heterocycles. The maximum atomic E-state index is 10.1. The summed E-state index contributed by atoms with van der Waals surface area (Å²) in [6.07, 6.45) is 11.3. The van der Waals surface area contributed by atoms with Gasteiger partial charge in [-0.3, -0.25) is 0 Å². The second-order valence-corrected chi connectivity index (χ2v) is 3.87. The van der Waals surface area contributed by atoms with Crippen molar-refractivity contribution in [3.8, 4) is 0 Å². The molecule has 1 atom stereocenters. The Labute approximate surface area is 87.8 Å². The molecule has 0 bridgehead atoms. The molecular weight excluding hydrogens is 174 g/mol. The summed E-state index contributed by atoms with van der Waals surface area (Å²) >= 11 is 0. The van der Waals surface area contributed by atoms with E-state index in [0.29, 0.717) is 0 Å². The molecule has 0 aromatic rings. The Hall–Kier alpha value is -0.620. The van der Waals surface area contributed by atoms with Gasteiger partial charge in [-0.2, -0.15) is 0 Å². The predicted octanol–water partition coefficient (Wildman–Crippen LogP) is 3.85. The Morgan fingerprint density at radius 3 is 2.29 bits per heavy atom. The first-order valence-electron chi connectivity index (χ1n) is 5.92. The number of unbranched alkanes of at least 4 members (excludes halogenated alkanes) is 4. The summed E-state index contributed by atoms with van der Waals surface area (Å²) in [6.45, 7) is 4.35. The molecule has 0 aromatic carbocycles. The number of hydrogen-bond acceptors (Lipinski definition) is 2. The summed E-state index contributed by atoms with van der Waals surface area (Å²) in [4.78, 5) is 14.0. The fourth-order valence-corrected chi connectivity index (χ4v) is 1.66. The number of rotatable bonds is 9. The maximum Gasteiger partial charge on any atom is 0.235 e. The van der Waals surface area contributed by atoms with Crippen LogP contribution in [0.25, 0.3) is 0 Å². The summed E-state index contributed by atoms with van der Waals surface area (Å²) < 4.78 is 0. The third-order valence-corrected chi connectivity index (χ3v) is 2.50. The van der Waals surface area contributed by atoms with Gasteiger partial charge >= 0.3 is 0 Å². The zero-order chi connectivity index (χ0) is 10.6. The molecule has 0 N–H and O–H groups in total. The number of hydrogen-bond donors (Lipinski definition) is 0. The van der Waals surface area contributed by atoms with Gasteiger partial charge in [-0.05, 0) is 12.8 Å². The van der Waals surface area contributed by atoms with Crippen LogP contribution < -0.4 is 0 Å². The highest BCUT2D eigenvalue weighted by Crippen LogP contribution is 2.12. The van der Waals surface area contributed by atoms with Crippen LogP contribution in [0.3, 0.4) is 0 Å². The first kappa shape index (κ1) is 13.4. The van der Waals surface area contributed by atoms with E-state index >= 15 is 0 Å². The van der Waals surface area contributed by atoms with E-state index in [4.69, 9.17) is 0 Å². The van der Waals surface area contributed by atoms with Gasteiger partial charge in [-0.25, -0.2) is 9.79 Å². The predicted molar refractivity (Wildman–Crippen MR) is 60.2 cm³/mol. The van der Waals surface area contributed by atoms with Crippen molar-refractivity contribution in [1.82, 2.24) is 0 Å². The molecule has 0 aliphatic carbocycles. The average molecular weight is 197 g/mol. The summed E-state index contributed by atoms with van der Waals surface area (Å²) in [5.74, 6) is 0. The van der Waals surface area contributed by atoms with Gasteiger partial charge in [-0.15, -0.1) is 0 Å². The molecule has 82 valence electrons. The van der Waals surface area contributed by atoms with Crippen LogP contribution in [-0.2, 0) is 4.79 Å². The molecule has 0 heterocycles. The quantitative estimate of drug-likeness (QED) is 0.313. The highest BCUT2D eigenvalue weighted by atomic mass is 16.1. The minimum Gasteiger partial charge on any atom is -0.211 e. The second kappa shape index (κ2) is 10.5. The Kier molecular flexibility index (Phi) is 10.00. The van der Waals surface area contributed by atoms with Gasteiger partial charge in [0.1, 0.15) is 0 Å². The first-order valence-corrected chi connectivity index (χ1v) is 5.92. The third kappa shape index (κ3) is 8.00. The fraction of sp³-hybridized carbons (Fsp3) is 0.917. The minimum absolute atomic E-state index is 0.235. The lowest BCUT2D eigenvalue weighted by Gasteiger charge is -2.08. The highest BCUT2D eigenvalue weighted by molar-refractivity contribution is 5.33. The lowest BCUT2D eigenvalue weighted by Crippen LogP contribution is -2.03. The minimum atomic E-state index is 0.235. The highest BCUT2D eigenvalue weighted by Gasteiger charge is 2.04. The lowest BCUT2D eigenvalue weighted by molar-refractivity contribution is 0.503. The largest absolute Gasteiger partial charge is 0.235 e. The molecule has 0 aromatic heterocycles. The van der Waals surface area contributed by atoms with Gasteiger partial charge < -0.3 is 0 Å². The van der Waals surface area contributed by atoms with Gasteiger partial charge in [0.15, 0.2) is 0 Å². The van der Waals surface area contributed by atoms with Gasteiger partial charge in [0.25, 0.3) is 0 Å². The van der Waals surface area contributed by atoms with E-state index in [9.17, 15) is 4.79 Å². The SMILES string of the molecule is CCCCCCCC(CCC)N=C=O. The molecule has 0 spiro atoms. The fourth-order valence-electron chi connectivity index (χ4n) is 1.66. The number of isocyanates is 1. The van der Waals surface area contributed by atoms with E-state index in [2.05, 4.69) is 18.8 Å². The molecular formula is C12H23NO. The molecule has 0 amide bonds. The number of aliphatic imine (C=N–C) groups is 1. The molecule has 14 heavy (non-hydrogen) atoms. The van der Waals surface area contributed by atoms with Gasteiger partial charge in [0.2, 0.25) is 6.08 Å². The molecule has 1 unspecified atom stereocenters. The third-order valence-electron chi connectivity index (χ3n) is 2.50. The molecule has 0 aliphatic rings. The Morgan fingerprint density at radius 2 is 1.71 bits per heavy atom. The maximum absolute atomic E-state index is 10.1. The van der Waals surface area contributed by atoms with E-state index in [1.54, 1.807) is 6.08 Å². The second-order valence-electron chi connectivity index (χ2n) is 3.87. The standard InChI is InChI=1S/C12H23NO/c1-3-5-6-7-8-10-12(9-4-2)13-11-14/h12H,3-10H2,1-2H3. The van der Waals surface area contributed by atoms with Crippen LogP contribution in [-0.4, -0.2) is 12.1 Å². The van der Waals surface area contributed by atoms with Crippen molar-refractivity contribution >= 4 is 6.08 Å². The average Bonchev–Trinajstić information content (AvgIpc) is 2.18. The van der Waals surface area contributed by atoms with Crippen molar-refractivity contribution in [3.63, 3.8) is 0 Å². The zero-order valence-corrected chi connectivity index (χ0v) is 9.59. The normalized spacial score (nSPS) is 12.1. The van der Waals surface area contributed by atoms with Crippen LogP contribution in [0, 0.1) is 0 Å². The van der Waals surface area contributed by atoms with Crippen LogP contribution in [0.2, 0.25) is 0 Å². The Morgan fingerprint density at radius 1 is 1.00 bits per heavy atom. The molecule has 2 nitrogen and oxygen atoms in total. The summed E-state index contributed by atoms with van der Waals surface area (Å²) in [5.41, 5.74) is 0. The smallest absolute Gasteiger partial charge is 0.211 e. The van der Waals surface area contributed by atoms with E-state index < -0.39 is 0 Å². The molecule has 0 fully saturated rings. The van der Waals surface area contributed by atoms with E-state index in [-0.39, 0.29) is 6.04 Å². The van der Waals surface area contributed by atoms with E-state index in [1.807, 2.05) is 0 Å². The topological polar surface area (TPSA) is 29.4 Å². The van der Waals surface area contributed by atoms with Crippen LogP contribution in [0.1, 0.15) is 65.2 Å². The lowest BCUT2D eigenvalue weighted by atomic mass is 10.0. The van der Waals surface area contributed by atoms with Crippen molar-refractivity contribution in [3.05, 3.63) is 0 Å². The van der Waals surface area contributed by atoms with Crippen LogP contribution in [0.5, 0.6) is 0 Å². The number of carbonyl (C=O) groups excluding carboxylic acids is 1. The van der Waals surface area contributed by atoms with Crippen LogP contribution >= 0.6 is 0 Å². The zero-order valence-electron chi connectivity index (χ0n) is 9.59. The van der Waals surface area contributed by atoms with E-state index in [1.165, 1.54) is 32.1 Å². The molecule has 2 heteroatoms. The molecule has 0 saturated carbocycles. The van der Waals surface area contributed by atoms with Crippen molar-refractivity contribution in [1.29, 1.82) is 0 Å². The van der Waals surface area contributed by atoms with Gasteiger partial charge in [0, 0.05) is 0 Å². The van der Waals surface area contributed by atoms with Gasteiger partial charge in [0.05, 0.1) is 6.04 Å². The summed E-state index contributed by atoms with van der Waals surface area (Å²) in [5, 5.41) is 0. The van der Waals surface area contributed by atoms with Gasteiger partial charge in [-0.1, -0.05) is 52.4 Å². The first-order chi connectivity index (χ1) is 6.85. The number of nitrogens with zero attached hydrogens (tertiary/aromatic N) is 1. The van der Waals surface area contributed by atoms with E-state index in [0.717, 1.165) is 19.3 Å². The van der Waals surface area contributed by atoms with Crippen LogP contribution in [0.4, 0.5) is 0 Å². The summed E-state index contributed by atoms with van der Waals surface area (Å²) in [7, 11) is 0. The van der Waals surface area contributed by atoms with Crippen molar-refractivity contribution in [2.24, 2.45) is 4.99 Å². The van der Waals surface area contributed by atoms with Crippen LogP contribution in [0.15, 0.2) is 4.99 Å². The summed E-state index contributed by atoms with van der Waals surface area (Å²) in [6, 6.07) is 0.235. The molecule has 0 rings (SSSR count). The Bertz CT molecular complexity index is 162. The Balaban J connectivity index is 3.45. The molecule has 0 radical (unpaired) electrons. The van der Waals surface area contributed by atoms with Crippen molar-refractivity contribution in [2.75, 3.05) is 0 Å². The van der Waals surface area contributed by atoms with Crippen molar-refractivity contribution in [2.45, 2.75) is 71.3 Å². The molecule has 0 aliphatic heterocycles. The van der Waals surface area contributed by atoms with Crippen molar-refractivity contribution < 1.29 is 4.79 Å². The monoisotopic (exact) mass is 197 g/mol.